The highest BCUT2D eigenvalue weighted by Gasteiger charge is 2.21. The third kappa shape index (κ3) is 7.09. The highest BCUT2D eigenvalue weighted by Crippen LogP contribution is 2.17. The van der Waals surface area contributed by atoms with Crippen LogP contribution in [0.2, 0.25) is 0 Å². The van der Waals surface area contributed by atoms with Gasteiger partial charge in [0.05, 0.1) is 12.3 Å². The molecule has 1 radical (unpaired) electrons. The molecule has 0 amide bonds. The van der Waals surface area contributed by atoms with E-state index in [-0.39, 0.29) is 25.1 Å². The molecule has 0 saturated heterocycles. The van der Waals surface area contributed by atoms with Crippen molar-refractivity contribution in [1.29, 1.82) is 0 Å². The first-order valence-corrected chi connectivity index (χ1v) is 8.93. The molecule has 2 rings (SSSR count). The summed E-state index contributed by atoms with van der Waals surface area (Å²) in [5, 5.41) is 0. The van der Waals surface area contributed by atoms with Gasteiger partial charge in [-0.05, 0) is 24.0 Å². The second-order valence-electron chi connectivity index (χ2n) is 6.11. The van der Waals surface area contributed by atoms with Crippen molar-refractivity contribution in [1.82, 2.24) is 0 Å². The maximum atomic E-state index is 12.3. The van der Waals surface area contributed by atoms with Crippen molar-refractivity contribution in [2.24, 2.45) is 5.92 Å². The second-order valence-corrected chi connectivity index (χ2v) is 6.11. The number of hydrogen-bond acceptors (Lipinski definition) is 4. The van der Waals surface area contributed by atoms with E-state index in [4.69, 9.17) is 9.47 Å². The third-order valence-electron chi connectivity index (χ3n) is 3.99. The number of esters is 2. The van der Waals surface area contributed by atoms with Crippen LogP contribution in [0.3, 0.4) is 0 Å². The predicted molar refractivity (Wildman–Crippen MR) is 99.8 cm³/mol. The topological polar surface area (TPSA) is 52.6 Å². The van der Waals surface area contributed by atoms with E-state index in [0.29, 0.717) is 12.8 Å². The minimum atomic E-state index is -0.411. The highest BCUT2D eigenvalue weighted by molar-refractivity contribution is 5.80. The van der Waals surface area contributed by atoms with E-state index in [9.17, 15) is 9.59 Å². The summed E-state index contributed by atoms with van der Waals surface area (Å²) >= 11 is 0. The lowest BCUT2D eigenvalue weighted by molar-refractivity contribution is -0.150. The number of carbonyl (C=O) groups is 2. The molecule has 0 fully saturated rings. The fourth-order valence-corrected chi connectivity index (χ4v) is 2.55. The monoisotopic (exact) mass is 353 g/mol. The van der Waals surface area contributed by atoms with Crippen LogP contribution in [0.5, 0.6) is 0 Å². The molecular formula is C22H25O4. The highest BCUT2D eigenvalue weighted by atomic mass is 16.5. The van der Waals surface area contributed by atoms with Crippen molar-refractivity contribution in [3.63, 3.8) is 0 Å². The molecule has 1 atom stereocenters. The standard InChI is InChI=1S/C22H25O4/c1-2-9-20(22(24)26-17-19-12-7-4-8-13-19)14-15-21(23)25-16-18-10-5-3-6-11-18/h3-8,10-13,15,20H,2,9,14,16-17H2,1H3. The van der Waals surface area contributed by atoms with Crippen molar-refractivity contribution < 1.29 is 19.1 Å². The molecule has 0 heterocycles. The summed E-state index contributed by atoms with van der Waals surface area (Å²) in [7, 11) is 0. The van der Waals surface area contributed by atoms with E-state index in [1.165, 1.54) is 6.42 Å². The first-order chi connectivity index (χ1) is 12.7. The van der Waals surface area contributed by atoms with Crippen LogP contribution in [0.1, 0.15) is 37.3 Å². The van der Waals surface area contributed by atoms with Gasteiger partial charge in [-0.25, -0.2) is 0 Å². The van der Waals surface area contributed by atoms with Gasteiger partial charge in [0.1, 0.15) is 13.2 Å². The zero-order valence-corrected chi connectivity index (χ0v) is 15.1. The van der Waals surface area contributed by atoms with Gasteiger partial charge < -0.3 is 9.47 Å². The maximum absolute atomic E-state index is 12.3. The Labute approximate surface area is 155 Å². The van der Waals surface area contributed by atoms with E-state index < -0.39 is 5.97 Å². The number of carbonyl (C=O) groups excluding carboxylic acids is 2. The van der Waals surface area contributed by atoms with Gasteiger partial charge in [0.2, 0.25) is 0 Å². The molecule has 137 valence electrons. The zero-order valence-electron chi connectivity index (χ0n) is 15.1. The Morgan fingerprint density at radius 2 is 1.42 bits per heavy atom. The largest absolute Gasteiger partial charge is 0.461 e. The van der Waals surface area contributed by atoms with Gasteiger partial charge in [-0.2, -0.15) is 0 Å². The molecule has 0 saturated carbocycles. The second kappa shape index (κ2) is 11.1. The van der Waals surface area contributed by atoms with Gasteiger partial charge in [0.25, 0.3) is 0 Å². The van der Waals surface area contributed by atoms with Crippen LogP contribution in [0.4, 0.5) is 0 Å². The third-order valence-corrected chi connectivity index (χ3v) is 3.99. The Hall–Kier alpha value is -2.62. The van der Waals surface area contributed by atoms with E-state index in [0.717, 1.165) is 17.5 Å². The average molecular weight is 353 g/mol. The van der Waals surface area contributed by atoms with Gasteiger partial charge in [0, 0.05) is 0 Å². The lowest BCUT2D eigenvalue weighted by Gasteiger charge is -2.15. The van der Waals surface area contributed by atoms with Crippen molar-refractivity contribution >= 4 is 11.9 Å². The number of ether oxygens (including phenoxy) is 2. The van der Waals surface area contributed by atoms with Crippen molar-refractivity contribution in [2.45, 2.75) is 39.4 Å². The van der Waals surface area contributed by atoms with Gasteiger partial charge >= 0.3 is 11.9 Å². The molecule has 0 aliphatic carbocycles. The number of rotatable bonds is 10. The van der Waals surface area contributed by atoms with Crippen LogP contribution in [0, 0.1) is 12.3 Å². The number of benzene rings is 2. The Kier molecular flexibility index (Phi) is 8.40. The van der Waals surface area contributed by atoms with Gasteiger partial charge in [-0.1, -0.05) is 74.0 Å². The Morgan fingerprint density at radius 1 is 0.885 bits per heavy atom. The summed E-state index contributed by atoms with van der Waals surface area (Å²) in [4.78, 5) is 24.2. The molecule has 4 nitrogen and oxygen atoms in total. The Balaban J connectivity index is 1.75. The maximum Gasteiger partial charge on any atom is 0.310 e. The average Bonchev–Trinajstić information content (AvgIpc) is 2.69. The molecule has 4 heteroatoms. The molecule has 1 unspecified atom stereocenters. The van der Waals surface area contributed by atoms with E-state index in [1.54, 1.807) is 0 Å². The minimum absolute atomic E-state index is 0.229. The minimum Gasteiger partial charge on any atom is -0.461 e. The summed E-state index contributed by atoms with van der Waals surface area (Å²) in [6, 6.07) is 19.0. The summed E-state index contributed by atoms with van der Waals surface area (Å²) in [6.45, 7) is 2.48. The van der Waals surface area contributed by atoms with E-state index >= 15 is 0 Å². The van der Waals surface area contributed by atoms with E-state index in [2.05, 4.69) is 0 Å². The normalized spacial score (nSPS) is 11.6. The lowest BCUT2D eigenvalue weighted by atomic mass is 9.98. The number of hydrogen-bond donors (Lipinski definition) is 0. The van der Waals surface area contributed by atoms with Crippen molar-refractivity contribution in [3.8, 4) is 0 Å². The van der Waals surface area contributed by atoms with Crippen LogP contribution in [0.15, 0.2) is 60.7 Å². The van der Waals surface area contributed by atoms with Crippen LogP contribution >= 0.6 is 0 Å². The van der Waals surface area contributed by atoms with Gasteiger partial charge in [-0.3, -0.25) is 9.59 Å². The molecule has 2 aromatic rings. The zero-order chi connectivity index (χ0) is 18.6. The Morgan fingerprint density at radius 3 is 1.96 bits per heavy atom. The van der Waals surface area contributed by atoms with E-state index in [1.807, 2.05) is 67.6 Å². The summed E-state index contributed by atoms with van der Waals surface area (Å²) in [5.41, 5.74) is 1.88. The fourth-order valence-electron chi connectivity index (χ4n) is 2.55. The predicted octanol–water partition coefficient (Wildman–Crippen LogP) is 4.48. The van der Waals surface area contributed by atoms with Gasteiger partial charge in [0.15, 0.2) is 0 Å². The smallest absolute Gasteiger partial charge is 0.310 e. The van der Waals surface area contributed by atoms with Crippen LogP contribution in [0.25, 0.3) is 0 Å². The Bertz CT molecular complexity index is 667. The first kappa shape index (κ1) is 19.7. The van der Waals surface area contributed by atoms with Crippen molar-refractivity contribution in [3.05, 3.63) is 78.2 Å². The van der Waals surface area contributed by atoms with Crippen LogP contribution < -0.4 is 0 Å². The SMILES string of the molecule is CCCC(C[CH]C(=O)OCc1ccccc1)C(=O)OCc1ccccc1. The summed E-state index contributed by atoms with van der Waals surface area (Å²) in [5.74, 6) is -1.01. The molecule has 2 aromatic carbocycles. The van der Waals surface area contributed by atoms with Crippen LogP contribution in [-0.4, -0.2) is 11.9 Å². The van der Waals surface area contributed by atoms with Crippen molar-refractivity contribution in [2.75, 3.05) is 0 Å². The van der Waals surface area contributed by atoms with Gasteiger partial charge in [-0.15, -0.1) is 0 Å². The summed E-state index contributed by atoms with van der Waals surface area (Å²) < 4.78 is 10.6. The molecule has 0 spiro atoms. The molecule has 26 heavy (non-hydrogen) atoms. The fraction of sp³-hybridized carbons (Fsp3) is 0.318. The molecule has 0 aromatic heterocycles. The molecule has 0 aliphatic heterocycles. The molecular weight excluding hydrogens is 328 g/mol. The molecule has 0 bridgehead atoms. The lowest BCUT2D eigenvalue weighted by Crippen LogP contribution is -2.19. The molecule has 0 aliphatic rings. The van der Waals surface area contributed by atoms with Crippen LogP contribution in [-0.2, 0) is 32.3 Å². The molecule has 0 N–H and O–H groups in total. The summed E-state index contributed by atoms with van der Waals surface area (Å²) in [6.07, 6.45) is 3.29. The first-order valence-electron chi connectivity index (χ1n) is 8.93. The quantitative estimate of drug-likeness (QED) is 0.591.